The van der Waals surface area contributed by atoms with Crippen LogP contribution in [0, 0.1) is 0 Å². The van der Waals surface area contributed by atoms with Crippen LogP contribution in [0.3, 0.4) is 0 Å². The van der Waals surface area contributed by atoms with Crippen molar-refractivity contribution in [1.29, 1.82) is 0 Å². The van der Waals surface area contributed by atoms with Crippen LogP contribution in [-0.4, -0.2) is 46.4 Å². The normalized spacial score (nSPS) is 11.8. The minimum atomic E-state index is 0.846. The molecule has 41 heavy (non-hydrogen) atoms. The molecule has 2 rings (SSSR count). The van der Waals surface area contributed by atoms with Crippen molar-refractivity contribution in [3.63, 3.8) is 0 Å². The molecule has 0 amide bonds. The first-order chi connectivity index (χ1) is 20.2. The van der Waals surface area contributed by atoms with Gasteiger partial charge in [0.05, 0.1) is 26.2 Å². The predicted octanol–water partition coefficient (Wildman–Crippen LogP) is 11.3. The van der Waals surface area contributed by atoms with Gasteiger partial charge in [-0.25, -0.2) is 9.97 Å². The van der Waals surface area contributed by atoms with Gasteiger partial charge in [0.15, 0.2) is 5.82 Å². The maximum atomic E-state index is 4.70. The Bertz CT molecular complexity index is 843. The summed E-state index contributed by atoms with van der Waals surface area (Å²) in [6.07, 6.45) is 28.3. The number of hydrogen-bond donors (Lipinski definition) is 0. The van der Waals surface area contributed by atoms with Crippen molar-refractivity contribution in [1.82, 2.24) is 9.97 Å². The summed E-state index contributed by atoms with van der Waals surface area (Å²) >= 11 is 2.01. The van der Waals surface area contributed by atoms with Crippen LogP contribution in [0.1, 0.15) is 142 Å². The zero-order chi connectivity index (χ0) is 29.4. The van der Waals surface area contributed by atoms with Gasteiger partial charge in [-0.3, -0.25) is 0 Å². The van der Waals surface area contributed by atoms with Crippen LogP contribution in [0.4, 0.5) is 0 Å². The van der Waals surface area contributed by atoms with E-state index >= 15 is 0 Å². The van der Waals surface area contributed by atoms with Gasteiger partial charge in [-0.2, -0.15) is 0 Å². The number of aromatic nitrogens is 2. The summed E-state index contributed by atoms with van der Waals surface area (Å²) in [5.41, 5.74) is 2.39. The van der Waals surface area contributed by atoms with Crippen molar-refractivity contribution in [2.75, 3.05) is 31.9 Å². The number of quaternary nitrogens is 1. The summed E-state index contributed by atoms with van der Waals surface area (Å²) in [5, 5.41) is 0. The van der Waals surface area contributed by atoms with E-state index in [2.05, 4.69) is 52.0 Å². The van der Waals surface area contributed by atoms with Gasteiger partial charge in [0.25, 0.3) is 0 Å². The van der Waals surface area contributed by atoms with Gasteiger partial charge >= 0.3 is 0 Å². The monoisotopic (exact) mass is 582 g/mol. The first-order valence-corrected chi connectivity index (χ1v) is 18.5. The van der Waals surface area contributed by atoms with E-state index in [1.165, 1.54) is 156 Å². The fraction of sp³-hybridized carbons (Fsp3) is 0.730. The topological polar surface area (TPSA) is 25.8 Å². The molecule has 1 aromatic heterocycles. The molecule has 1 heterocycles. The third-order valence-corrected chi connectivity index (χ3v) is 9.74. The first kappa shape index (κ1) is 35.8. The van der Waals surface area contributed by atoms with Crippen LogP contribution in [0.5, 0.6) is 0 Å². The summed E-state index contributed by atoms with van der Waals surface area (Å²) in [6.45, 7) is 14.8. The lowest BCUT2D eigenvalue weighted by molar-refractivity contribution is -0.928. The fourth-order valence-electron chi connectivity index (χ4n) is 5.89. The number of aryl methyl sites for hydroxylation is 1. The van der Waals surface area contributed by atoms with E-state index in [1.54, 1.807) is 0 Å². The third kappa shape index (κ3) is 15.6. The van der Waals surface area contributed by atoms with Gasteiger partial charge in [-0.1, -0.05) is 117 Å². The SMILES string of the molecule is CCCCCCCCCCCCc1cnc(-c2ccc(SCCC[N+](CCCC)(CCCC)CCCC)cc2)nc1. The predicted molar refractivity (Wildman–Crippen MR) is 183 cm³/mol. The number of rotatable bonds is 26. The van der Waals surface area contributed by atoms with E-state index in [1.807, 2.05) is 24.2 Å². The van der Waals surface area contributed by atoms with E-state index in [0.717, 1.165) is 17.8 Å². The number of thioether (sulfide) groups is 1. The standard InChI is InChI=1S/C37H64N3S/c1-5-9-13-14-15-16-17-18-19-20-22-34-32-38-37(39-33-34)35-23-25-36(26-24-35)41-31-21-30-40(27-10-6-2,28-11-7-3)29-12-8-4/h23-26,32-33H,5-22,27-31H2,1-4H3/q+1. The van der Waals surface area contributed by atoms with Crippen molar-refractivity contribution in [3.05, 3.63) is 42.2 Å². The second-order valence-electron chi connectivity index (χ2n) is 12.4. The molecule has 0 saturated heterocycles. The Hall–Kier alpha value is -1.39. The van der Waals surface area contributed by atoms with E-state index in [-0.39, 0.29) is 0 Å². The quantitative estimate of drug-likeness (QED) is 0.0626. The number of benzene rings is 1. The fourth-order valence-corrected chi connectivity index (χ4v) is 6.73. The van der Waals surface area contributed by atoms with Crippen LogP contribution < -0.4 is 0 Å². The van der Waals surface area contributed by atoms with Crippen molar-refractivity contribution in [2.24, 2.45) is 0 Å². The lowest BCUT2D eigenvalue weighted by atomic mass is 10.0. The summed E-state index contributed by atoms with van der Waals surface area (Å²) in [6, 6.07) is 8.91. The third-order valence-electron chi connectivity index (χ3n) is 8.64. The molecular formula is C37H64N3S+. The molecule has 0 bridgehead atoms. The Morgan fingerprint density at radius 2 is 1.00 bits per heavy atom. The van der Waals surface area contributed by atoms with Gasteiger partial charge < -0.3 is 4.48 Å². The van der Waals surface area contributed by atoms with E-state index in [9.17, 15) is 0 Å². The Labute approximate surface area is 259 Å². The Kier molecular flexibility index (Phi) is 20.2. The first-order valence-electron chi connectivity index (χ1n) is 17.6. The largest absolute Gasteiger partial charge is 0.324 e. The molecule has 232 valence electrons. The van der Waals surface area contributed by atoms with Crippen molar-refractivity contribution < 1.29 is 4.48 Å². The zero-order valence-corrected chi connectivity index (χ0v) is 28.3. The molecule has 0 aliphatic rings. The molecule has 0 saturated carbocycles. The van der Waals surface area contributed by atoms with Gasteiger partial charge in [0, 0.05) is 35.0 Å². The summed E-state index contributed by atoms with van der Waals surface area (Å²) in [7, 11) is 0. The summed E-state index contributed by atoms with van der Waals surface area (Å²) < 4.78 is 1.35. The molecule has 0 radical (unpaired) electrons. The lowest BCUT2D eigenvalue weighted by Gasteiger charge is -2.39. The molecule has 0 spiro atoms. The van der Waals surface area contributed by atoms with Crippen LogP contribution >= 0.6 is 11.8 Å². The average Bonchev–Trinajstić information content (AvgIpc) is 3.01. The van der Waals surface area contributed by atoms with Crippen molar-refractivity contribution in [2.45, 2.75) is 148 Å². The highest BCUT2D eigenvalue weighted by molar-refractivity contribution is 7.99. The van der Waals surface area contributed by atoms with Gasteiger partial charge in [-0.05, 0) is 49.8 Å². The Balaban J connectivity index is 1.72. The Morgan fingerprint density at radius 3 is 1.51 bits per heavy atom. The van der Waals surface area contributed by atoms with Crippen molar-refractivity contribution in [3.8, 4) is 11.4 Å². The molecule has 3 nitrogen and oxygen atoms in total. The van der Waals surface area contributed by atoms with Crippen molar-refractivity contribution >= 4 is 11.8 Å². The average molecular weight is 583 g/mol. The molecule has 0 N–H and O–H groups in total. The zero-order valence-electron chi connectivity index (χ0n) is 27.5. The minimum absolute atomic E-state index is 0.846. The number of unbranched alkanes of at least 4 members (excludes halogenated alkanes) is 12. The highest BCUT2D eigenvalue weighted by Crippen LogP contribution is 2.24. The Morgan fingerprint density at radius 1 is 0.537 bits per heavy atom. The van der Waals surface area contributed by atoms with Gasteiger partial charge in [-0.15, -0.1) is 11.8 Å². The molecule has 4 heteroatoms. The smallest absolute Gasteiger partial charge is 0.159 e. The minimum Gasteiger partial charge on any atom is -0.324 e. The van der Waals surface area contributed by atoms with Crippen LogP contribution in [0.2, 0.25) is 0 Å². The van der Waals surface area contributed by atoms with Gasteiger partial charge in [0.1, 0.15) is 0 Å². The van der Waals surface area contributed by atoms with Crippen LogP contribution in [0.25, 0.3) is 11.4 Å². The van der Waals surface area contributed by atoms with Crippen LogP contribution in [0.15, 0.2) is 41.6 Å². The second kappa shape index (κ2) is 23.1. The molecule has 0 unspecified atom stereocenters. The number of hydrogen-bond acceptors (Lipinski definition) is 3. The maximum absolute atomic E-state index is 4.70. The summed E-state index contributed by atoms with van der Waals surface area (Å²) in [5.74, 6) is 2.05. The summed E-state index contributed by atoms with van der Waals surface area (Å²) in [4.78, 5) is 10.8. The second-order valence-corrected chi connectivity index (χ2v) is 13.5. The molecular weight excluding hydrogens is 518 g/mol. The van der Waals surface area contributed by atoms with Crippen LogP contribution in [-0.2, 0) is 6.42 Å². The van der Waals surface area contributed by atoms with Gasteiger partial charge in [0.2, 0.25) is 0 Å². The van der Waals surface area contributed by atoms with E-state index in [4.69, 9.17) is 9.97 Å². The lowest BCUT2D eigenvalue weighted by Crippen LogP contribution is -2.50. The molecule has 0 aliphatic carbocycles. The van der Waals surface area contributed by atoms with E-state index < -0.39 is 0 Å². The molecule has 0 atom stereocenters. The number of nitrogens with zero attached hydrogens (tertiary/aromatic N) is 3. The molecule has 0 fully saturated rings. The van der Waals surface area contributed by atoms with E-state index in [0.29, 0.717) is 0 Å². The highest BCUT2D eigenvalue weighted by Gasteiger charge is 2.25. The molecule has 0 aliphatic heterocycles. The molecule has 1 aromatic carbocycles. The maximum Gasteiger partial charge on any atom is 0.159 e. The molecule has 2 aromatic rings. The highest BCUT2D eigenvalue weighted by atomic mass is 32.2.